The van der Waals surface area contributed by atoms with Gasteiger partial charge in [0.05, 0.1) is 6.20 Å². The zero-order valence-electron chi connectivity index (χ0n) is 20.6. The van der Waals surface area contributed by atoms with E-state index in [-0.39, 0.29) is 6.10 Å². The minimum atomic E-state index is 0.214. The lowest BCUT2D eigenvalue weighted by atomic mass is 10.1. The third-order valence-electron chi connectivity index (χ3n) is 5.85. The first-order chi connectivity index (χ1) is 15.7. The normalized spacial score (nSPS) is 16.2. The third kappa shape index (κ3) is 7.19. The predicted molar refractivity (Wildman–Crippen MR) is 137 cm³/mol. The van der Waals surface area contributed by atoms with Crippen molar-refractivity contribution in [1.29, 1.82) is 0 Å². The molecule has 0 atom stereocenters. The molecule has 1 fully saturated rings. The topological polar surface area (TPSA) is 55.2 Å². The Hall–Kier alpha value is -3.12. The van der Waals surface area contributed by atoms with E-state index in [1.807, 2.05) is 44.6 Å². The van der Waals surface area contributed by atoms with E-state index < -0.39 is 0 Å². The SMILES string of the molecule is C=C(/C=C(C)/C=C(\C)NC(=C)c1ccnc(OC2CCN(C(C)C)CC2)c1)c1cnn(C)c1. The molecule has 0 radical (unpaired) electrons. The average molecular weight is 448 g/mol. The highest BCUT2D eigenvalue weighted by molar-refractivity contribution is 5.72. The highest BCUT2D eigenvalue weighted by atomic mass is 16.5. The van der Waals surface area contributed by atoms with Gasteiger partial charge in [0.15, 0.2) is 0 Å². The van der Waals surface area contributed by atoms with Gasteiger partial charge in [0.2, 0.25) is 5.88 Å². The summed E-state index contributed by atoms with van der Waals surface area (Å²) in [5.41, 5.74) is 5.80. The summed E-state index contributed by atoms with van der Waals surface area (Å²) >= 11 is 0. The maximum atomic E-state index is 6.18. The monoisotopic (exact) mass is 447 g/mol. The second kappa shape index (κ2) is 11.1. The zero-order valence-corrected chi connectivity index (χ0v) is 20.6. The van der Waals surface area contributed by atoms with Crippen LogP contribution in [0.3, 0.4) is 0 Å². The van der Waals surface area contributed by atoms with Crippen molar-refractivity contribution in [2.75, 3.05) is 13.1 Å². The van der Waals surface area contributed by atoms with Gasteiger partial charge in [0, 0.05) is 67.2 Å². The summed E-state index contributed by atoms with van der Waals surface area (Å²) < 4.78 is 7.96. The summed E-state index contributed by atoms with van der Waals surface area (Å²) in [6.45, 7) is 19.1. The molecule has 33 heavy (non-hydrogen) atoms. The van der Waals surface area contributed by atoms with E-state index in [0.717, 1.165) is 59.6 Å². The standard InChI is InChI=1S/C27H37N5O/c1-19(2)32-12-9-26(10-13-32)33-27-16-24(8-11-28-27)23(6)30-22(5)15-20(3)14-21(4)25-17-29-31(7)18-25/h8,11,14-19,26,30H,4,6,9-10,12-13H2,1-3,5,7H3/b20-14+,22-15+. The molecule has 3 rings (SSSR count). The summed E-state index contributed by atoms with van der Waals surface area (Å²) in [5.74, 6) is 0.656. The molecule has 6 nitrogen and oxygen atoms in total. The number of hydrogen-bond donors (Lipinski definition) is 1. The van der Waals surface area contributed by atoms with Crippen LogP contribution in [-0.4, -0.2) is 44.9 Å². The molecular formula is C27H37N5O. The molecule has 2 aromatic rings. The molecule has 3 heterocycles. The van der Waals surface area contributed by atoms with E-state index >= 15 is 0 Å². The number of allylic oxidation sites excluding steroid dienone is 5. The highest BCUT2D eigenvalue weighted by Gasteiger charge is 2.22. The summed E-state index contributed by atoms with van der Waals surface area (Å²) in [6, 6.07) is 4.50. The third-order valence-corrected chi connectivity index (χ3v) is 5.85. The Bertz CT molecular complexity index is 1040. The van der Waals surface area contributed by atoms with E-state index in [1.165, 1.54) is 0 Å². The molecule has 0 aromatic carbocycles. The predicted octanol–water partition coefficient (Wildman–Crippen LogP) is 5.19. The number of nitrogens with one attached hydrogen (secondary N) is 1. The fourth-order valence-electron chi connectivity index (χ4n) is 4.02. The molecule has 0 unspecified atom stereocenters. The molecule has 0 aliphatic carbocycles. The Morgan fingerprint density at radius 3 is 2.55 bits per heavy atom. The maximum Gasteiger partial charge on any atom is 0.214 e. The fourth-order valence-corrected chi connectivity index (χ4v) is 4.02. The van der Waals surface area contributed by atoms with Crippen molar-refractivity contribution in [2.45, 2.75) is 52.7 Å². The Labute approximate surface area is 198 Å². The lowest BCUT2D eigenvalue weighted by Crippen LogP contribution is -2.41. The van der Waals surface area contributed by atoms with Crippen LogP contribution in [-0.2, 0) is 7.05 Å². The Balaban J connectivity index is 1.57. The summed E-state index contributed by atoms with van der Waals surface area (Å²) in [5, 5.41) is 7.59. The molecule has 1 aliphatic heterocycles. The second-order valence-electron chi connectivity index (χ2n) is 9.08. The van der Waals surface area contributed by atoms with E-state index in [4.69, 9.17) is 4.74 Å². The van der Waals surface area contributed by atoms with E-state index in [9.17, 15) is 0 Å². The molecule has 2 aromatic heterocycles. The van der Waals surface area contributed by atoms with Crippen LogP contribution < -0.4 is 10.1 Å². The smallest absolute Gasteiger partial charge is 0.214 e. The van der Waals surface area contributed by atoms with Gasteiger partial charge < -0.3 is 15.0 Å². The molecule has 0 bridgehead atoms. The van der Waals surface area contributed by atoms with Gasteiger partial charge in [-0.2, -0.15) is 5.10 Å². The number of nitrogens with zero attached hydrogens (tertiary/aromatic N) is 4. The summed E-state index contributed by atoms with van der Waals surface area (Å²) in [7, 11) is 1.90. The second-order valence-corrected chi connectivity index (χ2v) is 9.08. The number of piperidine rings is 1. The van der Waals surface area contributed by atoms with Crippen molar-refractivity contribution in [2.24, 2.45) is 7.05 Å². The molecule has 0 saturated carbocycles. The lowest BCUT2D eigenvalue weighted by Gasteiger charge is -2.34. The molecular weight excluding hydrogens is 410 g/mol. The molecule has 0 spiro atoms. The maximum absolute atomic E-state index is 6.18. The van der Waals surface area contributed by atoms with Gasteiger partial charge in [-0.1, -0.05) is 19.2 Å². The van der Waals surface area contributed by atoms with Crippen molar-refractivity contribution in [3.63, 3.8) is 0 Å². The van der Waals surface area contributed by atoms with Gasteiger partial charge >= 0.3 is 0 Å². The van der Waals surface area contributed by atoms with E-state index in [0.29, 0.717) is 11.9 Å². The van der Waals surface area contributed by atoms with Crippen LogP contribution in [0.15, 0.2) is 67.3 Å². The molecule has 6 heteroatoms. The Morgan fingerprint density at radius 1 is 1.18 bits per heavy atom. The van der Waals surface area contributed by atoms with Crippen LogP contribution in [0.25, 0.3) is 11.3 Å². The summed E-state index contributed by atoms with van der Waals surface area (Å²) in [6.07, 6.45) is 12.0. The van der Waals surface area contributed by atoms with Crippen LogP contribution in [0.2, 0.25) is 0 Å². The van der Waals surface area contributed by atoms with Crippen molar-refractivity contribution in [3.05, 3.63) is 78.4 Å². The van der Waals surface area contributed by atoms with Gasteiger partial charge in [-0.05, 0) is 63.8 Å². The van der Waals surface area contributed by atoms with Gasteiger partial charge in [-0.15, -0.1) is 0 Å². The largest absolute Gasteiger partial charge is 0.474 e. The van der Waals surface area contributed by atoms with Crippen LogP contribution in [0.5, 0.6) is 5.88 Å². The highest BCUT2D eigenvalue weighted by Crippen LogP contribution is 2.22. The molecule has 1 aliphatic rings. The Kier molecular flexibility index (Phi) is 8.28. The first kappa shape index (κ1) is 24.5. The molecule has 1 N–H and O–H groups in total. The van der Waals surface area contributed by atoms with Crippen molar-refractivity contribution in [1.82, 2.24) is 25.0 Å². The average Bonchev–Trinajstić information content (AvgIpc) is 3.20. The molecule has 1 saturated heterocycles. The van der Waals surface area contributed by atoms with Crippen LogP contribution >= 0.6 is 0 Å². The van der Waals surface area contributed by atoms with Gasteiger partial charge in [-0.25, -0.2) is 4.98 Å². The molecule has 0 amide bonds. The number of ether oxygens (including phenoxy) is 1. The van der Waals surface area contributed by atoms with Crippen LogP contribution in [0.4, 0.5) is 0 Å². The number of rotatable bonds is 9. The van der Waals surface area contributed by atoms with E-state index in [2.05, 4.69) is 60.3 Å². The van der Waals surface area contributed by atoms with Crippen molar-refractivity contribution >= 4 is 11.3 Å². The number of aromatic nitrogens is 3. The van der Waals surface area contributed by atoms with Crippen molar-refractivity contribution in [3.8, 4) is 5.88 Å². The number of aryl methyl sites for hydroxylation is 1. The summed E-state index contributed by atoms with van der Waals surface area (Å²) in [4.78, 5) is 6.91. The van der Waals surface area contributed by atoms with Crippen LogP contribution in [0, 0.1) is 0 Å². The Morgan fingerprint density at radius 2 is 1.91 bits per heavy atom. The lowest BCUT2D eigenvalue weighted by molar-refractivity contribution is 0.0812. The zero-order chi connectivity index (χ0) is 24.0. The number of pyridine rings is 1. The van der Waals surface area contributed by atoms with Gasteiger partial charge in [0.25, 0.3) is 0 Å². The minimum absolute atomic E-state index is 0.214. The quantitative estimate of drug-likeness (QED) is 0.536. The first-order valence-corrected chi connectivity index (χ1v) is 11.6. The van der Waals surface area contributed by atoms with Crippen LogP contribution in [0.1, 0.15) is 51.7 Å². The van der Waals surface area contributed by atoms with E-state index in [1.54, 1.807) is 10.9 Å². The van der Waals surface area contributed by atoms with Crippen molar-refractivity contribution < 1.29 is 4.74 Å². The van der Waals surface area contributed by atoms with Gasteiger partial charge in [-0.3, -0.25) is 4.68 Å². The first-order valence-electron chi connectivity index (χ1n) is 11.6. The number of likely N-dealkylation sites (tertiary alicyclic amines) is 1. The minimum Gasteiger partial charge on any atom is -0.474 e. The fraction of sp³-hybridized carbons (Fsp3) is 0.407. The molecule has 176 valence electrons. The van der Waals surface area contributed by atoms with Gasteiger partial charge in [0.1, 0.15) is 6.10 Å². The number of hydrogen-bond acceptors (Lipinski definition) is 5.